The maximum atomic E-state index is 12.6. The molecule has 1 fully saturated rings. The summed E-state index contributed by atoms with van der Waals surface area (Å²) in [6.45, 7) is 2.62. The fraction of sp³-hybridized carbons (Fsp3) is 0.692. The number of hydrogen-bond acceptors (Lipinski definition) is 4. The summed E-state index contributed by atoms with van der Waals surface area (Å²) in [4.78, 5) is 0. The van der Waals surface area contributed by atoms with E-state index in [1.54, 1.807) is 22.7 Å². The maximum absolute atomic E-state index is 12.6. The molecule has 0 atom stereocenters. The Morgan fingerprint density at radius 1 is 1.48 bits per heavy atom. The molecule has 0 unspecified atom stereocenters. The minimum Gasteiger partial charge on any atom is -0.319 e. The van der Waals surface area contributed by atoms with Gasteiger partial charge in [0.05, 0.1) is 3.79 Å². The van der Waals surface area contributed by atoms with Gasteiger partial charge in [-0.15, -0.1) is 11.3 Å². The first-order valence-corrected chi connectivity index (χ1v) is 10.1. The van der Waals surface area contributed by atoms with Crippen LogP contribution >= 0.6 is 27.3 Å². The molecule has 1 aromatic rings. The van der Waals surface area contributed by atoms with Crippen molar-refractivity contribution in [3.8, 4) is 0 Å². The molecule has 1 aliphatic heterocycles. The van der Waals surface area contributed by atoms with E-state index >= 15 is 0 Å². The molecule has 1 saturated heterocycles. The van der Waals surface area contributed by atoms with Crippen LogP contribution in [-0.2, 0) is 16.8 Å². The van der Waals surface area contributed by atoms with Gasteiger partial charge in [-0.25, -0.2) is 0 Å². The van der Waals surface area contributed by atoms with Gasteiger partial charge in [-0.05, 0) is 65.3 Å². The summed E-state index contributed by atoms with van der Waals surface area (Å²) in [6.07, 6.45) is 1.86. The van der Waals surface area contributed by atoms with Crippen molar-refractivity contribution in [2.75, 3.05) is 33.7 Å². The van der Waals surface area contributed by atoms with Gasteiger partial charge in [-0.2, -0.15) is 17.0 Å². The second kappa shape index (κ2) is 7.52. The lowest BCUT2D eigenvalue weighted by molar-refractivity contribution is 0.255. The summed E-state index contributed by atoms with van der Waals surface area (Å²) < 4.78 is 29.3. The minimum absolute atomic E-state index is 0.418. The van der Waals surface area contributed by atoms with Gasteiger partial charge in [-0.1, -0.05) is 0 Å². The first kappa shape index (κ1) is 17.4. The van der Waals surface area contributed by atoms with E-state index in [1.165, 1.54) is 4.31 Å². The highest BCUT2D eigenvalue weighted by atomic mass is 79.9. The molecule has 0 aromatic carbocycles. The van der Waals surface area contributed by atoms with Crippen LogP contribution < -0.4 is 5.32 Å². The third-order valence-corrected chi connectivity index (χ3v) is 7.30. The zero-order valence-electron chi connectivity index (χ0n) is 12.4. The van der Waals surface area contributed by atoms with Crippen molar-refractivity contribution in [3.63, 3.8) is 0 Å². The summed E-state index contributed by atoms with van der Waals surface area (Å²) in [5.41, 5.74) is 1.02. The lowest BCUT2D eigenvalue weighted by Crippen LogP contribution is -2.46. The molecule has 0 bridgehead atoms. The molecule has 120 valence electrons. The van der Waals surface area contributed by atoms with E-state index in [0.717, 1.165) is 28.7 Å². The number of thiophene rings is 1. The van der Waals surface area contributed by atoms with Crippen LogP contribution in [0, 0.1) is 5.92 Å². The highest BCUT2D eigenvalue weighted by molar-refractivity contribution is 9.11. The predicted molar refractivity (Wildman–Crippen MR) is 90.6 cm³/mol. The van der Waals surface area contributed by atoms with Crippen LogP contribution in [0.2, 0.25) is 0 Å². The Morgan fingerprint density at radius 3 is 2.67 bits per heavy atom. The largest absolute Gasteiger partial charge is 0.319 e. The molecule has 1 aliphatic rings. The van der Waals surface area contributed by atoms with E-state index in [-0.39, 0.29) is 0 Å². The Kier molecular flexibility index (Phi) is 6.22. The topological polar surface area (TPSA) is 52.7 Å². The standard InChI is InChI=1S/C13H22BrN3O2S2/c1-15-8-11-3-5-17(6-4-11)21(18,19)16(2)9-12-7-13(14)20-10-12/h7,10-11,15H,3-6,8-9H2,1-2H3. The Hall–Kier alpha value is 0.01000. The fourth-order valence-electron chi connectivity index (χ4n) is 2.60. The van der Waals surface area contributed by atoms with Crippen LogP contribution in [0.4, 0.5) is 0 Å². The number of nitrogens with zero attached hydrogens (tertiary/aromatic N) is 2. The summed E-state index contributed by atoms with van der Waals surface area (Å²) in [7, 11) is 0.240. The van der Waals surface area contributed by atoms with Crippen molar-refractivity contribution in [3.05, 3.63) is 20.8 Å². The quantitative estimate of drug-likeness (QED) is 0.802. The molecule has 8 heteroatoms. The molecule has 0 aliphatic carbocycles. The zero-order chi connectivity index (χ0) is 15.5. The van der Waals surface area contributed by atoms with Gasteiger partial charge in [0.15, 0.2) is 0 Å². The third kappa shape index (κ3) is 4.49. The highest BCUT2D eigenvalue weighted by Crippen LogP contribution is 2.24. The molecule has 0 spiro atoms. The molecule has 0 saturated carbocycles. The van der Waals surface area contributed by atoms with Crippen molar-refractivity contribution in [1.82, 2.24) is 13.9 Å². The molecular formula is C13H22BrN3O2S2. The average molecular weight is 396 g/mol. The number of rotatable bonds is 6. The van der Waals surface area contributed by atoms with E-state index in [4.69, 9.17) is 0 Å². The van der Waals surface area contributed by atoms with Crippen molar-refractivity contribution >= 4 is 37.5 Å². The summed E-state index contributed by atoms with van der Waals surface area (Å²) in [6, 6.07) is 1.97. The first-order valence-electron chi connectivity index (χ1n) is 7.02. The number of nitrogens with one attached hydrogen (secondary N) is 1. The Bertz CT molecular complexity index is 554. The zero-order valence-corrected chi connectivity index (χ0v) is 15.6. The summed E-state index contributed by atoms with van der Waals surface area (Å²) in [5, 5.41) is 5.15. The molecule has 0 amide bonds. The summed E-state index contributed by atoms with van der Waals surface area (Å²) in [5.74, 6) is 0.583. The molecule has 21 heavy (non-hydrogen) atoms. The molecule has 2 rings (SSSR count). The van der Waals surface area contributed by atoms with Gasteiger partial charge in [-0.3, -0.25) is 0 Å². The van der Waals surface area contributed by atoms with E-state index in [2.05, 4.69) is 21.2 Å². The van der Waals surface area contributed by atoms with Crippen molar-refractivity contribution < 1.29 is 8.42 Å². The smallest absolute Gasteiger partial charge is 0.282 e. The van der Waals surface area contributed by atoms with Gasteiger partial charge >= 0.3 is 0 Å². The number of piperidine rings is 1. The van der Waals surface area contributed by atoms with Gasteiger partial charge in [0.25, 0.3) is 10.2 Å². The van der Waals surface area contributed by atoms with Crippen molar-refractivity contribution in [1.29, 1.82) is 0 Å². The van der Waals surface area contributed by atoms with E-state index < -0.39 is 10.2 Å². The second-order valence-electron chi connectivity index (χ2n) is 5.42. The minimum atomic E-state index is -3.35. The highest BCUT2D eigenvalue weighted by Gasteiger charge is 2.30. The number of hydrogen-bond donors (Lipinski definition) is 1. The van der Waals surface area contributed by atoms with E-state index in [1.807, 2.05) is 18.5 Å². The molecule has 5 nitrogen and oxygen atoms in total. The van der Waals surface area contributed by atoms with Gasteiger partial charge < -0.3 is 5.32 Å². The van der Waals surface area contributed by atoms with Crippen LogP contribution in [0.1, 0.15) is 18.4 Å². The van der Waals surface area contributed by atoms with Crippen molar-refractivity contribution in [2.45, 2.75) is 19.4 Å². The van der Waals surface area contributed by atoms with Gasteiger partial charge in [0.2, 0.25) is 0 Å². The van der Waals surface area contributed by atoms with Crippen LogP contribution in [0.25, 0.3) is 0 Å². The lowest BCUT2D eigenvalue weighted by Gasteiger charge is -2.33. The molecule has 1 N–H and O–H groups in total. The van der Waals surface area contributed by atoms with Crippen LogP contribution in [0.15, 0.2) is 15.2 Å². The lowest BCUT2D eigenvalue weighted by atomic mass is 9.98. The first-order chi connectivity index (χ1) is 9.93. The fourth-order valence-corrected chi connectivity index (χ4v) is 5.18. The molecule has 2 heterocycles. The maximum Gasteiger partial charge on any atom is 0.282 e. The van der Waals surface area contributed by atoms with Crippen LogP contribution in [-0.4, -0.2) is 50.8 Å². The Morgan fingerprint density at radius 2 is 2.14 bits per heavy atom. The normalized spacial score (nSPS) is 18.5. The second-order valence-corrected chi connectivity index (χ2v) is 9.75. The van der Waals surface area contributed by atoms with E-state index in [0.29, 0.717) is 25.6 Å². The third-order valence-electron chi connectivity index (χ3n) is 3.81. The SMILES string of the molecule is CNCC1CCN(S(=O)(=O)N(C)Cc2csc(Br)c2)CC1. The molecule has 1 aromatic heterocycles. The molecular weight excluding hydrogens is 374 g/mol. The molecule has 0 radical (unpaired) electrons. The van der Waals surface area contributed by atoms with Crippen molar-refractivity contribution in [2.24, 2.45) is 5.92 Å². The van der Waals surface area contributed by atoms with Gasteiger partial charge in [0, 0.05) is 26.7 Å². The predicted octanol–water partition coefficient (Wildman–Crippen LogP) is 2.12. The monoisotopic (exact) mass is 395 g/mol. The van der Waals surface area contributed by atoms with Crippen LogP contribution in [0.5, 0.6) is 0 Å². The van der Waals surface area contributed by atoms with Gasteiger partial charge in [0.1, 0.15) is 0 Å². The Balaban J connectivity index is 1.95. The Labute approximate surface area is 139 Å². The van der Waals surface area contributed by atoms with E-state index in [9.17, 15) is 8.42 Å². The average Bonchev–Trinajstić information content (AvgIpc) is 2.85. The number of halogens is 1. The summed E-state index contributed by atoms with van der Waals surface area (Å²) >= 11 is 4.98. The van der Waals surface area contributed by atoms with Crippen LogP contribution in [0.3, 0.4) is 0 Å².